The fourth-order valence-corrected chi connectivity index (χ4v) is 4.14. The van der Waals surface area contributed by atoms with Crippen molar-refractivity contribution in [3.63, 3.8) is 0 Å². The molecule has 23 heavy (non-hydrogen) atoms. The van der Waals surface area contributed by atoms with Crippen molar-refractivity contribution in [3.05, 3.63) is 16.0 Å². The summed E-state index contributed by atoms with van der Waals surface area (Å²) in [6.07, 6.45) is 2.37. The fraction of sp³-hybridized carbons (Fsp3) is 0.600. The first-order valence-electron chi connectivity index (χ1n) is 7.39. The highest BCUT2D eigenvalue weighted by molar-refractivity contribution is 7.16. The number of carbonyl (C=O) groups excluding carboxylic acids is 1. The minimum absolute atomic E-state index is 0.200. The molecule has 1 aliphatic rings. The topological polar surface area (TPSA) is 64.9 Å². The van der Waals surface area contributed by atoms with E-state index >= 15 is 0 Å². The molecular weight excluding hydrogens is 377 g/mol. The maximum Gasteiger partial charge on any atom is 0.228 e. The van der Waals surface area contributed by atoms with Crippen LogP contribution in [0.15, 0.2) is 0 Å². The summed E-state index contributed by atoms with van der Waals surface area (Å²) in [5.41, 5.74) is 1.68. The van der Waals surface area contributed by atoms with Crippen molar-refractivity contribution in [2.45, 2.75) is 49.5 Å². The van der Waals surface area contributed by atoms with Gasteiger partial charge in [-0.2, -0.15) is 5.26 Å². The second-order valence-electron chi connectivity index (χ2n) is 5.96. The van der Waals surface area contributed by atoms with Crippen LogP contribution < -0.4 is 10.6 Å². The van der Waals surface area contributed by atoms with Crippen LogP contribution in [0.4, 0.5) is 5.00 Å². The van der Waals surface area contributed by atoms with E-state index in [0.29, 0.717) is 17.0 Å². The Morgan fingerprint density at radius 1 is 1.39 bits per heavy atom. The summed E-state index contributed by atoms with van der Waals surface area (Å²) in [6.45, 7) is 3.88. The lowest BCUT2D eigenvalue weighted by Gasteiger charge is -2.27. The number of thiophene rings is 1. The van der Waals surface area contributed by atoms with Crippen LogP contribution in [0, 0.1) is 17.2 Å². The number of nitriles is 1. The number of alkyl halides is 3. The van der Waals surface area contributed by atoms with Crippen LogP contribution >= 0.6 is 46.1 Å². The maximum absolute atomic E-state index is 12.0. The third-order valence-electron chi connectivity index (χ3n) is 3.53. The number of rotatable bonds is 5. The van der Waals surface area contributed by atoms with Gasteiger partial charge in [0.25, 0.3) is 0 Å². The number of amides is 1. The molecule has 0 fully saturated rings. The quantitative estimate of drug-likeness (QED) is 0.575. The molecule has 1 amide bonds. The van der Waals surface area contributed by atoms with Crippen LogP contribution in [-0.4, -0.2) is 15.9 Å². The summed E-state index contributed by atoms with van der Waals surface area (Å²) >= 11 is 19.5. The largest absolute Gasteiger partial charge is 0.352 e. The summed E-state index contributed by atoms with van der Waals surface area (Å²) in [5, 5.41) is 15.8. The minimum Gasteiger partial charge on any atom is -0.352 e. The van der Waals surface area contributed by atoms with Gasteiger partial charge >= 0.3 is 0 Å². The van der Waals surface area contributed by atoms with E-state index in [1.54, 1.807) is 0 Å². The predicted octanol–water partition coefficient (Wildman–Crippen LogP) is 4.38. The number of nitrogens with one attached hydrogen (secondary N) is 2. The number of aryl methyl sites for hydroxylation is 1. The second-order valence-corrected chi connectivity index (χ2v) is 9.43. The summed E-state index contributed by atoms with van der Waals surface area (Å²) in [5.74, 6) is -0.00216. The van der Waals surface area contributed by atoms with Crippen molar-refractivity contribution >= 4 is 57.0 Å². The van der Waals surface area contributed by atoms with E-state index in [1.807, 2.05) is 13.8 Å². The zero-order valence-corrected chi connectivity index (χ0v) is 16.0. The Kier molecular flexibility index (Phi) is 6.07. The maximum atomic E-state index is 12.0. The van der Waals surface area contributed by atoms with Gasteiger partial charge in [-0.05, 0) is 30.7 Å². The average Bonchev–Trinajstić information content (AvgIpc) is 2.95. The van der Waals surface area contributed by atoms with Crippen molar-refractivity contribution in [1.29, 1.82) is 5.26 Å². The molecule has 2 N–H and O–H groups in total. The van der Waals surface area contributed by atoms with Gasteiger partial charge in [0.1, 0.15) is 17.2 Å². The van der Waals surface area contributed by atoms with Crippen LogP contribution in [0.3, 0.4) is 0 Å². The van der Waals surface area contributed by atoms with Gasteiger partial charge in [-0.1, -0.05) is 48.7 Å². The van der Waals surface area contributed by atoms with Gasteiger partial charge in [0.2, 0.25) is 9.70 Å². The Balaban J connectivity index is 2.19. The second kappa shape index (κ2) is 7.48. The number of anilines is 1. The summed E-state index contributed by atoms with van der Waals surface area (Å²) < 4.78 is -1.73. The predicted molar refractivity (Wildman–Crippen MR) is 96.4 cm³/mol. The number of hydrogen-bond donors (Lipinski definition) is 2. The first-order valence-corrected chi connectivity index (χ1v) is 9.34. The highest BCUT2D eigenvalue weighted by Crippen LogP contribution is 2.40. The molecule has 1 aromatic heterocycles. The van der Waals surface area contributed by atoms with Crippen LogP contribution in [0.25, 0.3) is 0 Å². The van der Waals surface area contributed by atoms with E-state index in [1.165, 1.54) is 16.2 Å². The number of halogens is 3. The Labute approximate surface area is 155 Å². The number of hydrogen-bond acceptors (Lipinski definition) is 4. The Morgan fingerprint density at radius 3 is 2.65 bits per heavy atom. The molecule has 0 aliphatic heterocycles. The van der Waals surface area contributed by atoms with Crippen LogP contribution in [0.1, 0.15) is 42.7 Å². The first kappa shape index (κ1) is 18.7. The van der Waals surface area contributed by atoms with E-state index in [9.17, 15) is 10.1 Å². The van der Waals surface area contributed by atoms with E-state index in [0.717, 1.165) is 24.8 Å². The molecule has 1 atom stereocenters. The zero-order valence-electron chi connectivity index (χ0n) is 12.9. The van der Waals surface area contributed by atoms with E-state index in [4.69, 9.17) is 34.8 Å². The highest BCUT2D eigenvalue weighted by atomic mass is 35.6. The van der Waals surface area contributed by atoms with Crippen molar-refractivity contribution in [2.75, 3.05) is 5.32 Å². The van der Waals surface area contributed by atoms with Crippen LogP contribution in [0.5, 0.6) is 0 Å². The molecule has 8 heteroatoms. The van der Waals surface area contributed by atoms with Gasteiger partial charge in [-0.25, -0.2) is 0 Å². The number of nitrogens with zero attached hydrogens (tertiary/aromatic N) is 1. The third-order valence-corrected chi connectivity index (χ3v) is 5.41. The Morgan fingerprint density at radius 2 is 2.09 bits per heavy atom. The standard InChI is InChI=1S/C15H18Cl3N3OS/c1-8(2)6-12(22)20-14(15(16,17)18)21-13-10(7-19)9-4-3-5-11(9)23-13/h8,14,21H,3-6H2,1-2H3,(H,20,22)/t14-/m0/s1. The fourth-order valence-electron chi connectivity index (χ4n) is 2.55. The van der Waals surface area contributed by atoms with E-state index in [2.05, 4.69) is 16.7 Å². The average molecular weight is 395 g/mol. The summed E-state index contributed by atoms with van der Waals surface area (Å²) in [4.78, 5) is 13.2. The van der Waals surface area contributed by atoms with Crippen molar-refractivity contribution in [3.8, 4) is 6.07 Å². The first-order chi connectivity index (χ1) is 10.7. The van der Waals surface area contributed by atoms with Crippen LogP contribution in [0.2, 0.25) is 0 Å². The number of fused-ring (bicyclic) bond motifs is 1. The third kappa shape index (κ3) is 4.67. The van der Waals surface area contributed by atoms with Crippen molar-refractivity contribution in [1.82, 2.24) is 5.32 Å². The normalized spacial score (nSPS) is 15.2. The zero-order chi connectivity index (χ0) is 17.2. The molecule has 1 aromatic rings. The van der Waals surface area contributed by atoms with Crippen molar-refractivity contribution in [2.24, 2.45) is 5.92 Å². The molecule has 4 nitrogen and oxygen atoms in total. The molecule has 0 spiro atoms. The number of carbonyl (C=O) groups is 1. The lowest BCUT2D eigenvalue weighted by atomic mass is 10.1. The van der Waals surface area contributed by atoms with Gasteiger partial charge in [-0.3, -0.25) is 4.79 Å². The molecule has 0 bridgehead atoms. The van der Waals surface area contributed by atoms with Gasteiger partial charge in [0, 0.05) is 11.3 Å². The van der Waals surface area contributed by atoms with Crippen LogP contribution in [-0.2, 0) is 17.6 Å². The van der Waals surface area contributed by atoms with Gasteiger partial charge in [-0.15, -0.1) is 11.3 Å². The van der Waals surface area contributed by atoms with Gasteiger partial charge in [0.05, 0.1) is 5.56 Å². The monoisotopic (exact) mass is 393 g/mol. The molecule has 0 unspecified atom stereocenters. The lowest BCUT2D eigenvalue weighted by Crippen LogP contribution is -2.49. The molecule has 1 heterocycles. The van der Waals surface area contributed by atoms with Gasteiger partial charge in [0.15, 0.2) is 0 Å². The SMILES string of the molecule is CC(C)CC(=O)N[C@@H](Nc1sc2c(c1C#N)CCC2)C(Cl)(Cl)Cl. The molecule has 1 aliphatic carbocycles. The summed E-state index contributed by atoms with van der Waals surface area (Å²) in [7, 11) is 0. The van der Waals surface area contributed by atoms with E-state index in [-0.39, 0.29) is 11.8 Å². The molecule has 0 radical (unpaired) electrons. The summed E-state index contributed by atoms with van der Waals surface area (Å²) in [6, 6.07) is 2.22. The van der Waals surface area contributed by atoms with Crippen molar-refractivity contribution < 1.29 is 4.79 Å². The molecule has 126 valence electrons. The van der Waals surface area contributed by atoms with E-state index < -0.39 is 9.96 Å². The minimum atomic E-state index is -1.73. The van der Waals surface area contributed by atoms with Gasteiger partial charge < -0.3 is 10.6 Å². The molecular formula is C15H18Cl3N3OS. The smallest absolute Gasteiger partial charge is 0.228 e. The highest BCUT2D eigenvalue weighted by Gasteiger charge is 2.35. The Hall–Kier alpha value is -0.670. The molecule has 0 aromatic carbocycles. The Bertz CT molecular complexity index is 631. The lowest BCUT2D eigenvalue weighted by molar-refractivity contribution is -0.122. The molecule has 0 saturated carbocycles. The molecule has 0 saturated heterocycles. The molecule has 2 rings (SSSR count).